The van der Waals surface area contributed by atoms with Gasteiger partial charge in [0.15, 0.2) is 0 Å². The molecule has 0 saturated carbocycles. The molecule has 3 aromatic rings. The minimum absolute atomic E-state index is 0.0961. The summed E-state index contributed by atoms with van der Waals surface area (Å²) in [6.45, 7) is 6.71. The number of aliphatic carboxylic acids is 1. The van der Waals surface area contributed by atoms with Crippen molar-refractivity contribution in [3.8, 4) is 5.75 Å². The van der Waals surface area contributed by atoms with Crippen LogP contribution in [-0.4, -0.2) is 32.9 Å². The zero-order valence-electron chi connectivity index (χ0n) is 19.3. The largest absolute Gasteiger partial charge is 0.490 e. The van der Waals surface area contributed by atoms with Crippen LogP contribution in [0.2, 0.25) is 0 Å². The van der Waals surface area contributed by atoms with Crippen molar-refractivity contribution in [3.63, 3.8) is 0 Å². The smallest absolute Gasteiger partial charge is 0.338 e. The molecule has 7 nitrogen and oxygen atoms in total. The van der Waals surface area contributed by atoms with E-state index < -0.39 is 18.0 Å². The van der Waals surface area contributed by atoms with Gasteiger partial charge in [-0.05, 0) is 56.2 Å². The van der Waals surface area contributed by atoms with Crippen LogP contribution in [0.25, 0.3) is 0 Å². The molecule has 0 spiro atoms. The van der Waals surface area contributed by atoms with Crippen molar-refractivity contribution in [1.82, 2.24) is 9.78 Å². The van der Waals surface area contributed by atoms with Crippen LogP contribution in [0.5, 0.6) is 5.75 Å². The number of aromatic nitrogens is 2. The summed E-state index contributed by atoms with van der Waals surface area (Å²) >= 11 is 0. The minimum atomic E-state index is -0.924. The van der Waals surface area contributed by atoms with E-state index >= 15 is 0 Å². The van der Waals surface area contributed by atoms with Gasteiger partial charge in [0.2, 0.25) is 0 Å². The second-order valence-corrected chi connectivity index (χ2v) is 8.14. The highest BCUT2D eigenvalue weighted by molar-refractivity contribution is 5.89. The molecule has 0 aliphatic heterocycles. The molecule has 1 N–H and O–H groups in total. The topological polar surface area (TPSA) is 90.7 Å². The van der Waals surface area contributed by atoms with Gasteiger partial charge in [0.25, 0.3) is 0 Å². The van der Waals surface area contributed by atoms with E-state index in [2.05, 4.69) is 38.1 Å². The van der Waals surface area contributed by atoms with Gasteiger partial charge in [-0.2, -0.15) is 5.10 Å². The van der Waals surface area contributed by atoms with Crippen LogP contribution < -0.4 is 4.74 Å². The lowest BCUT2D eigenvalue weighted by Gasteiger charge is -2.13. The number of carboxylic acid groups (broad SMARTS) is 1. The average Bonchev–Trinajstić information content (AvgIpc) is 3.15. The van der Waals surface area contributed by atoms with Gasteiger partial charge in [0, 0.05) is 13.0 Å². The third-order valence-corrected chi connectivity index (χ3v) is 5.10. The molecule has 0 fully saturated rings. The Morgan fingerprint density at radius 3 is 2.42 bits per heavy atom. The second kappa shape index (κ2) is 11.3. The molecule has 174 valence electrons. The molecule has 0 saturated heterocycles. The van der Waals surface area contributed by atoms with Gasteiger partial charge >= 0.3 is 11.9 Å². The summed E-state index contributed by atoms with van der Waals surface area (Å²) in [7, 11) is 0. The lowest BCUT2D eigenvalue weighted by molar-refractivity contribution is -0.138. The summed E-state index contributed by atoms with van der Waals surface area (Å²) in [5, 5.41) is 13.5. The highest BCUT2D eigenvalue weighted by atomic mass is 16.5. The average molecular weight is 451 g/mol. The van der Waals surface area contributed by atoms with E-state index in [1.165, 1.54) is 11.1 Å². The van der Waals surface area contributed by atoms with Crippen LogP contribution in [-0.2, 0) is 29.1 Å². The van der Waals surface area contributed by atoms with Gasteiger partial charge in [-0.25, -0.2) is 4.79 Å². The number of carbonyl (C=O) groups is 2. The third-order valence-electron chi connectivity index (χ3n) is 5.10. The lowest BCUT2D eigenvalue weighted by Crippen LogP contribution is -2.16. The molecule has 1 atom stereocenters. The van der Waals surface area contributed by atoms with Gasteiger partial charge in [0.05, 0.1) is 23.4 Å². The first-order chi connectivity index (χ1) is 15.8. The maximum Gasteiger partial charge on any atom is 0.338 e. The number of hydrogen-bond donors (Lipinski definition) is 1. The first-order valence-electron chi connectivity index (χ1n) is 11.1. The third kappa shape index (κ3) is 7.20. The molecule has 0 aliphatic carbocycles. The molecule has 3 rings (SSSR count). The van der Waals surface area contributed by atoms with E-state index in [-0.39, 0.29) is 13.0 Å². The lowest BCUT2D eigenvalue weighted by atomic mass is 10.1. The molecule has 2 aromatic carbocycles. The summed E-state index contributed by atoms with van der Waals surface area (Å²) in [6, 6.07) is 16.9. The van der Waals surface area contributed by atoms with Gasteiger partial charge in [-0.15, -0.1) is 0 Å². The summed E-state index contributed by atoms with van der Waals surface area (Å²) < 4.78 is 13.0. The number of ether oxygens (including phenoxy) is 2. The number of carboxylic acids is 1. The van der Waals surface area contributed by atoms with Crippen LogP contribution in [0.15, 0.2) is 54.6 Å². The molecule has 0 amide bonds. The van der Waals surface area contributed by atoms with Crippen molar-refractivity contribution in [2.75, 3.05) is 0 Å². The van der Waals surface area contributed by atoms with E-state index in [1.54, 1.807) is 31.2 Å². The van der Waals surface area contributed by atoms with Crippen LogP contribution in [0.4, 0.5) is 0 Å². The SMILES string of the molecule is CCCn1nc(Cc2ccc(C)cc2)cc1COC(=O)c1ccc(OC(C)CC(=O)O)cc1. The molecule has 7 heteroatoms. The van der Waals surface area contributed by atoms with Crippen LogP contribution >= 0.6 is 0 Å². The molecular formula is C26H30N2O5. The molecule has 1 aromatic heterocycles. The van der Waals surface area contributed by atoms with Crippen molar-refractivity contribution in [1.29, 1.82) is 0 Å². The Morgan fingerprint density at radius 2 is 1.79 bits per heavy atom. The normalized spacial score (nSPS) is 11.7. The van der Waals surface area contributed by atoms with Crippen molar-refractivity contribution in [2.24, 2.45) is 0 Å². The van der Waals surface area contributed by atoms with Crippen molar-refractivity contribution < 1.29 is 24.2 Å². The van der Waals surface area contributed by atoms with E-state index in [1.807, 2.05) is 10.7 Å². The van der Waals surface area contributed by atoms with E-state index in [0.717, 1.165) is 30.8 Å². The minimum Gasteiger partial charge on any atom is -0.490 e. The van der Waals surface area contributed by atoms with Gasteiger partial charge in [-0.3, -0.25) is 9.48 Å². The zero-order chi connectivity index (χ0) is 23.8. The Balaban J connectivity index is 1.61. The number of rotatable bonds is 11. The Morgan fingerprint density at radius 1 is 1.09 bits per heavy atom. The summed E-state index contributed by atoms with van der Waals surface area (Å²) in [4.78, 5) is 23.3. The van der Waals surface area contributed by atoms with Crippen molar-refractivity contribution in [2.45, 2.75) is 59.3 Å². The predicted octanol–water partition coefficient (Wildman–Crippen LogP) is 4.79. The highest BCUT2D eigenvalue weighted by Crippen LogP contribution is 2.17. The number of hydrogen-bond acceptors (Lipinski definition) is 5. The number of esters is 1. The highest BCUT2D eigenvalue weighted by Gasteiger charge is 2.14. The van der Waals surface area contributed by atoms with Gasteiger partial charge < -0.3 is 14.6 Å². The van der Waals surface area contributed by atoms with E-state index in [4.69, 9.17) is 19.7 Å². The molecular weight excluding hydrogens is 420 g/mol. The maximum absolute atomic E-state index is 12.5. The second-order valence-electron chi connectivity index (χ2n) is 8.14. The Bertz CT molecular complexity index is 1070. The quantitative estimate of drug-likeness (QED) is 0.422. The number of carbonyl (C=O) groups excluding carboxylic acids is 1. The van der Waals surface area contributed by atoms with Crippen LogP contribution in [0.3, 0.4) is 0 Å². The van der Waals surface area contributed by atoms with Gasteiger partial charge in [0.1, 0.15) is 18.5 Å². The number of benzene rings is 2. The number of aryl methyl sites for hydroxylation is 2. The fourth-order valence-electron chi connectivity index (χ4n) is 3.45. The Hall–Kier alpha value is -3.61. The zero-order valence-corrected chi connectivity index (χ0v) is 19.3. The van der Waals surface area contributed by atoms with Crippen LogP contribution in [0, 0.1) is 6.92 Å². The number of nitrogens with zero attached hydrogens (tertiary/aromatic N) is 2. The Kier molecular flexibility index (Phi) is 8.24. The monoisotopic (exact) mass is 450 g/mol. The molecule has 33 heavy (non-hydrogen) atoms. The Labute approximate surface area is 194 Å². The molecule has 0 bridgehead atoms. The molecule has 1 unspecified atom stereocenters. The first kappa shape index (κ1) is 24.0. The standard InChI is InChI=1S/C26H30N2O5/c1-4-13-28-23(16-22(27-28)15-20-7-5-18(2)6-8-20)17-32-26(31)21-9-11-24(12-10-21)33-19(3)14-25(29)30/h5-12,16,19H,4,13-15,17H2,1-3H3,(H,29,30). The molecule has 0 aliphatic rings. The van der Waals surface area contributed by atoms with E-state index in [0.29, 0.717) is 11.3 Å². The van der Waals surface area contributed by atoms with E-state index in [9.17, 15) is 9.59 Å². The summed E-state index contributed by atoms with van der Waals surface area (Å²) in [6.07, 6.45) is 1.09. The molecule has 0 radical (unpaired) electrons. The first-order valence-corrected chi connectivity index (χ1v) is 11.1. The molecule has 1 heterocycles. The fraction of sp³-hybridized carbons (Fsp3) is 0.346. The van der Waals surface area contributed by atoms with Gasteiger partial charge in [-0.1, -0.05) is 36.8 Å². The van der Waals surface area contributed by atoms with Crippen molar-refractivity contribution >= 4 is 11.9 Å². The maximum atomic E-state index is 12.5. The summed E-state index contributed by atoms with van der Waals surface area (Å²) in [5.74, 6) is -0.862. The van der Waals surface area contributed by atoms with Crippen molar-refractivity contribution in [3.05, 3.63) is 82.7 Å². The fourth-order valence-corrected chi connectivity index (χ4v) is 3.45. The predicted molar refractivity (Wildman–Crippen MR) is 124 cm³/mol. The summed E-state index contributed by atoms with van der Waals surface area (Å²) in [5.41, 5.74) is 4.60. The van der Waals surface area contributed by atoms with Crippen LogP contribution in [0.1, 0.15) is 59.6 Å².